The number of anilines is 1. The quantitative estimate of drug-likeness (QED) is 0.476. The van der Waals surface area contributed by atoms with Gasteiger partial charge in [0.25, 0.3) is 0 Å². The summed E-state index contributed by atoms with van der Waals surface area (Å²) < 4.78 is 11.8. The number of ether oxygens (including phenoxy) is 2. The Kier molecular flexibility index (Phi) is 8.69. The van der Waals surface area contributed by atoms with Crippen molar-refractivity contribution < 1.29 is 29.3 Å². The number of benzene rings is 2. The van der Waals surface area contributed by atoms with Crippen molar-refractivity contribution in [2.75, 3.05) is 18.5 Å². The molecule has 2 atom stereocenters. The van der Waals surface area contributed by atoms with Gasteiger partial charge >= 0.3 is 12.1 Å². The summed E-state index contributed by atoms with van der Waals surface area (Å²) in [6.45, 7) is 1.83. The van der Waals surface area contributed by atoms with Gasteiger partial charge in [-0.3, -0.25) is 5.32 Å². The van der Waals surface area contributed by atoms with Gasteiger partial charge in [0.1, 0.15) is 18.5 Å². The molecule has 0 spiro atoms. The molecule has 0 aliphatic carbocycles. The Balaban J connectivity index is 2.16. The normalized spacial score (nSPS) is 12.9. The standard InChI is InChI=1S/C21H22BrNO6/c1-14(2-11-19(25)26)20(15-3-9-18(10-4-15)28-13-12-24)29-21(27)23-17-7-5-16(22)6-8-17/h2-11,14,20,24H,12-13H2,1H3,(H,23,27)(H,25,26)/b11-2+/t14-,20+/m1/s1. The minimum absolute atomic E-state index is 0.0965. The molecule has 0 radical (unpaired) electrons. The number of hydrogen-bond donors (Lipinski definition) is 3. The fourth-order valence-electron chi connectivity index (χ4n) is 2.53. The maximum Gasteiger partial charge on any atom is 0.412 e. The van der Waals surface area contributed by atoms with Gasteiger partial charge in [0, 0.05) is 22.2 Å². The van der Waals surface area contributed by atoms with Crippen LogP contribution in [-0.4, -0.2) is 35.5 Å². The van der Waals surface area contributed by atoms with E-state index < -0.39 is 24.1 Å². The molecule has 2 rings (SSSR count). The van der Waals surface area contributed by atoms with E-state index in [-0.39, 0.29) is 13.2 Å². The lowest BCUT2D eigenvalue weighted by Gasteiger charge is -2.23. The van der Waals surface area contributed by atoms with Crippen LogP contribution in [-0.2, 0) is 9.53 Å². The number of aliphatic hydroxyl groups is 1. The molecule has 0 aliphatic rings. The van der Waals surface area contributed by atoms with Gasteiger partial charge in [0.05, 0.1) is 6.61 Å². The van der Waals surface area contributed by atoms with E-state index in [4.69, 9.17) is 19.7 Å². The predicted octanol–water partition coefficient (Wildman–Crippen LogP) is 4.39. The topological polar surface area (TPSA) is 105 Å². The average molecular weight is 464 g/mol. The van der Waals surface area contributed by atoms with Gasteiger partial charge in [-0.15, -0.1) is 0 Å². The number of aliphatic carboxylic acids is 1. The Bertz CT molecular complexity index is 835. The van der Waals surface area contributed by atoms with Gasteiger partial charge in [-0.2, -0.15) is 0 Å². The zero-order valence-electron chi connectivity index (χ0n) is 15.7. The molecule has 3 N–H and O–H groups in total. The second-order valence-corrected chi connectivity index (χ2v) is 7.07. The molecule has 29 heavy (non-hydrogen) atoms. The molecule has 8 heteroatoms. The number of rotatable bonds is 9. The summed E-state index contributed by atoms with van der Waals surface area (Å²) in [5.74, 6) is -0.914. The van der Waals surface area contributed by atoms with Gasteiger partial charge in [0.2, 0.25) is 0 Å². The summed E-state index contributed by atoms with van der Waals surface area (Å²) in [7, 11) is 0. The first-order valence-electron chi connectivity index (χ1n) is 8.87. The van der Waals surface area contributed by atoms with Crippen LogP contribution >= 0.6 is 15.9 Å². The zero-order chi connectivity index (χ0) is 21.2. The van der Waals surface area contributed by atoms with Crippen molar-refractivity contribution in [1.29, 1.82) is 0 Å². The van der Waals surface area contributed by atoms with Crippen LogP contribution in [0.3, 0.4) is 0 Å². The van der Waals surface area contributed by atoms with Crippen molar-refractivity contribution in [3.8, 4) is 5.75 Å². The van der Waals surface area contributed by atoms with Crippen molar-refractivity contribution in [3.63, 3.8) is 0 Å². The first kappa shape index (κ1) is 22.4. The molecule has 2 aromatic carbocycles. The number of carboxylic acids is 1. The van der Waals surface area contributed by atoms with E-state index in [9.17, 15) is 9.59 Å². The second kappa shape index (κ2) is 11.2. The smallest absolute Gasteiger partial charge is 0.412 e. The fourth-order valence-corrected chi connectivity index (χ4v) is 2.79. The van der Waals surface area contributed by atoms with E-state index in [0.717, 1.165) is 10.5 Å². The number of nitrogens with one attached hydrogen (secondary N) is 1. The van der Waals surface area contributed by atoms with Crippen molar-refractivity contribution in [2.45, 2.75) is 13.0 Å². The monoisotopic (exact) mass is 463 g/mol. The summed E-state index contributed by atoms with van der Waals surface area (Å²) in [5, 5.41) is 20.4. The van der Waals surface area contributed by atoms with Crippen molar-refractivity contribution >= 4 is 33.7 Å². The molecular formula is C21H22BrNO6. The van der Waals surface area contributed by atoms with Crippen LogP contribution in [0, 0.1) is 5.92 Å². The van der Waals surface area contributed by atoms with Crippen molar-refractivity contribution in [1.82, 2.24) is 0 Å². The van der Waals surface area contributed by atoms with Crippen LogP contribution in [0.5, 0.6) is 5.75 Å². The average Bonchev–Trinajstić information content (AvgIpc) is 2.71. The Morgan fingerprint density at radius 1 is 1.14 bits per heavy atom. The first-order chi connectivity index (χ1) is 13.9. The summed E-state index contributed by atoms with van der Waals surface area (Å²) in [4.78, 5) is 23.2. The summed E-state index contributed by atoms with van der Waals surface area (Å²) in [6.07, 6.45) is 1.11. The number of amides is 1. The third-order valence-corrected chi connectivity index (χ3v) is 4.44. The van der Waals surface area contributed by atoms with Crippen LogP contribution in [0.2, 0.25) is 0 Å². The van der Waals surface area contributed by atoms with Crippen LogP contribution < -0.4 is 10.1 Å². The highest BCUT2D eigenvalue weighted by Gasteiger charge is 2.22. The maximum absolute atomic E-state index is 12.4. The molecule has 0 bridgehead atoms. The summed E-state index contributed by atoms with van der Waals surface area (Å²) in [6, 6.07) is 13.9. The Morgan fingerprint density at radius 2 is 1.79 bits per heavy atom. The van der Waals surface area contributed by atoms with Crippen molar-refractivity contribution in [2.24, 2.45) is 5.92 Å². The molecule has 0 saturated carbocycles. The molecule has 0 aromatic heterocycles. The van der Waals surface area contributed by atoms with E-state index in [1.165, 1.54) is 6.08 Å². The van der Waals surface area contributed by atoms with Gasteiger partial charge in [0.15, 0.2) is 0 Å². The molecule has 1 amide bonds. The molecular weight excluding hydrogens is 442 g/mol. The number of aliphatic hydroxyl groups excluding tert-OH is 1. The van der Waals surface area contributed by atoms with E-state index >= 15 is 0 Å². The fraction of sp³-hybridized carbons (Fsp3) is 0.238. The van der Waals surface area contributed by atoms with Crippen LogP contribution in [0.1, 0.15) is 18.6 Å². The zero-order valence-corrected chi connectivity index (χ0v) is 17.3. The van der Waals surface area contributed by atoms with E-state index in [1.807, 2.05) is 0 Å². The molecule has 7 nitrogen and oxygen atoms in total. The SMILES string of the molecule is C[C@H](/C=C/C(=O)O)[C@H](OC(=O)Nc1ccc(Br)cc1)c1ccc(OCCO)cc1. The van der Waals surface area contributed by atoms with E-state index in [0.29, 0.717) is 17.0 Å². The molecule has 0 aliphatic heterocycles. The minimum atomic E-state index is -1.08. The van der Waals surface area contributed by atoms with Crippen molar-refractivity contribution in [3.05, 3.63) is 70.7 Å². The van der Waals surface area contributed by atoms with E-state index in [1.54, 1.807) is 55.5 Å². The van der Waals surface area contributed by atoms with Crippen LogP contribution in [0.25, 0.3) is 0 Å². The van der Waals surface area contributed by atoms with Gasteiger partial charge in [-0.1, -0.05) is 41.1 Å². The highest BCUT2D eigenvalue weighted by molar-refractivity contribution is 9.10. The summed E-state index contributed by atoms with van der Waals surface area (Å²) in [5.41, 5.74) is 1.24. The lowest BCUT2D eigenvalue weighted by molar-refractivity contribution is -0.131. The largest absolute Gasteiger partial charge is 0.491 e. The molecule has 0 heterocycles. The van der Waals surface area contributed by atoms with Gasteiger partial charge in [-0.05, 0) is 42.0 Å². The number of carbonyl (C=O) groups excluding carboxylic acids is 1. The number of halogens is 1. The van der Waals surface area contributed by atoms with Crippen LogP contribution in [0.4, 0.5) is 10.5 Å². The third kappa shape index (κ3) is 7.59. The lowest BCUT2D eigenvalue weighted by atomic mass is 9.96. The molecule has 154 valence electrons. The Hall–Kier alpha value is -2.84. The third-order valence-electron chi connectivity index (χ3n) is 3.91. The minimum Gasteiger partial charge on any atom is -0.491 e. The van der Waals surface area contributed by atoms with Crippen LogP contribution in [0.15, 0.2) is 65.2 Å². The summed E-state index contributed by atoms with van der Waals surface area (Å²) >= 11 is 3.33. The first-order valence-corrected chi connectivity index (χ1v) is 9.66. The van der Waals surface area contributed by atoms with Gasteiger partial charge < -0.3 is 19.7 Å². The van der Waals surface area contributed by atoms with E-state index in [2.05, 4.69) is 21.2 Å². The highest BCUT2D eigenvalue weighted by Crippen LogP contribution is 2.29. The molecule has 2 aromatic rings. The molecule has 0 unspecified atom stereocenters. The lowest BCUT2D eigenvalue weighted by Crippen LogP contribution is -2.21. The molecule has 0 saturated heterocycles. The predicted molar refractivity (Wildman–Crippen MR) is 112 cm³/mol. The Labute approximate surface area is 177 Å². The van der Waals surface area contributed by atoms with Gasteiger partial charge in [-0.25, -0.2) is 9.59 Å². The second-order valence-electron chi connectivity index (χ2n) is 6.16. The number of carbonyl (C=O) groups is 2. The Morgan fingerprint density at radius 3 is 2.38 bits per heavy atom. The number of carboxylic acid groups (broad SMARTS) is 1. The molecule has 0 fully saturated rings. The maximum atomic E-state index is 12.4. The number of hydrogen-bond acceptors (Lipinski definition) is 5. The highest BCUT2D eigenvalue weighted by atomic mass is 79.9.